The molecule has 7 heavy (non-hydrogen) atoms. The first-order chi connectivity index (χ1) is 2.81. The third-order valence-electron chi connectivity index (χ3n) is 0.357. The third kappa shape index (κ3) is 7.08. The molecule has 0 aliphatic rings. The van der Waals surface area contributed by atoms with Gasteiger partial charge in [0.2, 0.25) is 6.09 Å². The molecule has 0 bridgehead atoms. The minimum atomic E-state index is -0.532. The summed E-state index contributed by atoms with van der Waals surface area (Å²) in [5, 5.41) is 3.15. The average molecular weight is 174 g/mol. The van der Waals surface area contributed by atoms with Gasteiger partial charge in [-0.3, -0.25) is 4.79 Å². The van der Waals surface area contributed by atoms with E-state index < -0.39 is 6.09 Å². The van der Waals surface area contributed by atoms with Gasteiger partial charge < -0.3 is 10.1 Å². The normalized spacial score (nSPS) is 6.00. The Labute approximate surface area is 91.6 Å². The van der Waals surface area contributed by atoms with E-state index in [2.05, 4.69) is 10.1 Å². The van der Waals surface area contributed by atoms with Crippen LogP contribution in [0.3, 0.4) is 0 Å². The molecule has 0 heterocycles. The first-order valence-electron chi connectivity index (χ1n) is 1.49. The molecule has 0 aromatic heterocycles. The molecule has 0 saturated carbocycles. The monoisotopic (exact) mass is 173 g/mol. The molecule has 3 nitrogen and oxygen atoms in total. The average Bonchev–Trinajstić information content (AvgIpc) is 1.65. The number of carbonyl (C=O) groups excluding carboxylic acids is 1. The summed E-state index contributed by atoms with van der Waals surface area (Å²) in [6.07, 6.45) is -0.532. The second kappa shape index (κ2) is 7.08. The molecule has 4 heteroatoms. The predicted molar refractivity (Wildman–Crippen MR) is 21.7 cm³/mol. The van der Waals surface area contributed by atoms with E-state index in [0.717, 1.165) is 0 Å². The molecule has 0 atom stereocenters. The molecule has 0 N–H and O–H groups in total. The molecule has 36 valence electrons. The van der Waals surface area contributed by atoms with Crippen molar-refractivity contribution in [3.63, 3.8) is 0 Å². The maximum atomic E-state index is 9.79. The van der Waals surface area contributed by atoms with Crippen molar-refractivity contribution in [1.82, 2.24) is 0 Å². The van der Waals surface area contributed by atoms with Crippen molar-refractivity contribution in [2.45, 2.75) is 0 Å². The number of ether oxygens (including phenoxy) is 1. The molecule has 0 saturated heterocycles. The van der Waals surface area contributed by atoms with Crippen LogP contribution in [0.5, 0.6) is 0 Å². The number of hydrogen-bond acceptors (Lipinski definition) is 2. The summed E-state index contributed by atoms with van der Waals surface area (Å²) in [4.78, 5) is 9.79. The van der Waals surface area contributed by atoms with Gasteiger partial charge in [-0.2, -0.15) is 0 Å². The Morgan fingerprint density at radius 1 is 1.71 bits per heavy atom. The van der Waals surface area contributed by atoms with Crippen LogP contribution in [-0.2, 0) is 4.74 Å². The molecule has 0 aromatic rings. The van der Waals surface area contributed by atoms with Gasteiger partial charge in [0.25, 0.3) is 0 Å². The Morgan fingerprint density at radius 2 is 2.14 bits per heavy atom. The summed E-state index contributed by atoms with van der Waals surface area (Å²) >= 11 is 0. The van der Waals surface area contributed by atoms with Crippen molar-refractivity contribution in [3.8, 4) is 0 Å². The number of hydrogen-bond donors (Lipinski definition) is 0. The largest absolute Gasteiger partial charge is 1.00 e. The predicted octanol–water partition coefficient (Wildman–Crippen LogP) is -2.24. The fourth-order valence-corrected chi connectivity index (χ4v) is 0.0913. The van der Waals surface area contributed by atoms with Crippen LogP contribution in [0.2, 0.25) is 0 Å². The van der Waals surface area contributed by atoms with Crippen LogP contribution in [0.15, 0.2) is 0 Å². The Kier molecular flexibility index (Phi) is 11.1. The fraction of sp³-hybridized carbons (Fsp3) is 0.667. The minimum absolute atomic E-state index is 0. The number of methoxy groups -OCH3 is 1. The summed E-state index contributed by atoms with van der Waals surface area (Å²) in [5.74, 6) is 0. The molecular formula is C3H6NO2Rb. The van der Waals surface area contributed by atoms with Crippen molar-refractivity contribution in [2.75, 3.05) is 14.2 Å². The van der Waals surface area contributed by atoms with E-state index >= 15 is 0 Å². The Morgan fingerprint density at radius 3 is 2.14 bits per heavy atom. The molecule has 0 unspecified atom stereocenters. The van der Waals surface area contributed by atoms with Gasteiger partial charge in [0.1, 0.15) is 0 Å². The van der Waals surface area contributed by atoms with E-state index in [4.69, 9.17) is 0 Å². The van der Waals surface area contributed by atoms with E-state index in [1.54, 1.807) is 0 Å². The summed E-state index contributed by atoms with van der Waals surface area (Å²) in [6.45, 7) is 0. The second-order valence-electron chi connectivity index (χ2n) is 0.694. The molecule has 0 radical (unpaired) electrons. The zero-order valence-corrected chi connectivity index (χ0v) is 9.68. The minimum Gasteiger partial charge on any atom is -0.620 e. The van der Waals surface area contributed by atoms with Crippen molar-refractivity contribution in [2.24, 2.45) is 0 Å². The van der Waals surface area contributed by atoms with Crippen molar-refractivity contribution in [3.05, 3.63) is 5.32 Å². The van der Waals surface area contributed by atoms with Gasteiger partial charge in [0.15, 0.2) is 0 Å². The first kappa shape index (κ1) is 11.0. The second-order valence-corrected chi connectivity index (χ2v) is 0.694. The van der Waals surface area contributed by atoms with Gasteiger partial charge in [-0.1, -0.05) is 0 Å². The number of nitrogens with zero attached hydrogens (tertiary/aromatic N) is 1. The van der Waals surface area contributed by atoms with Gasteiger partial charge in [0.05, 0.1) is 7.11 Å². The number of rotatable bonds is 0. The van der Waals surface area contributed by atoms with Crippen LogP contribution in [0, 0.1) is 0 Å². The zero-order valence-electron chi connectivity index (χ0n) is 4.76. The fourth-order valence-electron chi connectivity index (χ4n) is 0.0913. The van der Waals surface area contributed by atoms with Crippen LogP contribution in [0.1, 0.15) is 0 Å². The molecule has 1 amide bonds. The quantitative estimate of drug-likeness (QED) is 0.416. The Hall–Kier alpha value is 1.08. The SMILES string of the molecule is C[N-]C(=O)OC.[Rb+]. The first-order valence-corrected chi connectivity index (χ1v) is 1.49. The topological polar surface area (TPSA) is 40.4 Å². The molecule has 0 aliphatic carbocycles. The standard InChI is InChI=1S/C3H7NO2.Rb/c1-4-3(5)6-2;/h1-2H3,(H,4,5);/q;+1/p-1. The number of amides is 1. The molecular weight excluding hydrogens is 168 g/mol. The van der Waals surface area contributed by atoms with Crippen LogP contribution in [0.4, 0.5) is 4.79 Å². The molecule has 0 spiro atoms. The van der Waals surface area contributed by atoms with Crippen LogP contribution in [0.25, 0.3) is 5.32 Å². The van der Waals surface area contributed by atoms with E-state index in [-0.39, 0.29) is 58.2 Å². The summed E-state index contributed by atoms with van der Waals surface area (Å²) in [7, 11) is 2.67. The number of carbonyl (C=O) groups is 1. The van der Waals surface area contributed by atoms with Crippen molar-refractivity contribution in [1.29, 1.82) is 0 Å². The smallest absolute Gasteiger partial charge is 0.620 e. The van der Waals surface area contributed by atoms with Gasteiger partial charge >= 0.3 is 58.2 Å². The van der Waals surface area contributed by atoms with Gasteiger partial charge in [-0.25, -0.2) is 0 Å². The summed E-state index contributed by atoms with van der Waals surface area (Å²) in [6, 6.07) is 0. The van der Waals surface area contributed by atoms with E-state index in [9.17, 15) is 4.79 Å². The molecule has 0 fully saturated rings. The molecule has 0 aliphatic heterocycles. The molecule has 0 aromatic carbocycles. The summed E-state index contributed by atoms with van der Waals surface area (Å²) < 4.78 is 4.09. The van der Waals surface area contributed by atoms with Crippen LogP contribution < -0.4 is 58.2 Å². The maximum Gasteiger partial charge on any atom is 1.00 e. The van der Waals surface area contributed by atoms with Gasteiger partial charge in [-0.05, 0) is 0 Å². The van der Waals surface area contributed by atoms with E-state index in [1.807, 2.05) is 0 Å². The Bertz CT molecular complexity index is 50.9. The zero-order chi connectivity index (χ0) is 4.99. The van der Waals surface area contributed by atoms with E-state index in [0.29, 0.717) is 0 Å². The maximum absolute atomic E-state index is 9.79. The van der Waals surface area contributed by atoms with Crippen LogP contribution in [-0.4, -0.2) is 20.3 Å². The van der Waals surface area contributed by atoms with Crippen molar-refractivity contribution >= 4 is 6.09 Å². The third-order valence-corrected chi connectivity index (χ3v) is 0.357. The Balaban J connectivity index is 0. The van der Waals surface area contributed by atoms with Gasteiger partial charge in [-0.15, -0.1) is 7.05 Å². The van der Waals surface area contributed by atoms with Crippen LogP contribution >= 0.6 is 0 Å². The molecule has 0 rings (SSSR count). The van der Waals surface area contributed by atoms with Crippen molar-refractivity contribution < 1.29 is 67.7 Å². The van der Waals surface area contributed by atoms with Gasteiger partial charge in [0, 0.05) is 0 Å². The van der Waals surface area contributed by atoms with E-state index in [1.165, 1.54) is 14.2 Å². The summed E-state index contributed by atoms with van der Waals surface area (Å²) in [5.41, 5.74) is 0.